The fraction of sp³-hybridized carbons (Fsp3) is 0.353. The van der Waals surface area contributed by atoms with E-state index in [1.54, 1.807) is 0 Å². The highest BCUT2D eigenvalue weighted by Crippen LogP contribution is 2.20. The Bertz CT molecular complexity index is 763. The molecule has 0 spiro atoms. The number of anilines is 1. The largest absolute Gasteiger partial charge is 0.326 e. The highest BCUT2D eigenvalue weighted by molar-refractivity contribution is 5.93. The summed E-state index contributed by atoms with van der Waals surface area (Å²) in [6.45, 7) is 3.56. The smallest absolute Gasteiger partial charge is 0.251 e. The molecule has 1 aromatic carbocycles. The van der Waals surface area contributed by atoms with Gasteiger partial charge in [-0.25, -0.2) is 4.98 Å². The second-order valence-corrected chi connectivity index (χ2v) is 5.70. The van der Waals surface area contributed by atoms with Crippen LogP contribution in [-0.2, 0) is 11.2 Å². The van der Waals surface area contributed by atoms with Crippen LogP contribution in [0, 0.1) is 5.92 Å². The fourth-order valence-electron chi connectivity index (χ4n) is 2.69. The molecule has 1 saturated heterocycles. The topological polar surface area (TPSA) is 86.9 Å². The number of aryl methyl sites for hydroxylation is 1. The van der Waals surface area contributed by atoms with Crippen LogP contribution in [0.15, 0.2) is 35.1 Å². The average Bonchev–Trinajstić information content (AvgIpc) is 3.09. The van der Waals surface area contributed by atoms with Gasteiger partial charge in [0.1, 0.15) is 5.82 Å². The molecule has 0 saturated carbocycles. The van der Waals surface area contributed by atoms with Crippen LogP contribution in [-0.4, -0.2) is 29.0 Å². The summed E-state index contributed by atoms with van der Waals surface area (Å²) >= 11 is 0. The van der Waals surface area contributed by atoms with E-state index in [2.05, 4.69) is 20.6 Å². The number of amides is 1. The molecule has 1 aliphatic rings. The first kappa shape index (κ1) is 15.4. The third-order valence-electron chi connectivity index (χ3n) is 3.99. The fourth-order valence-corrected chi connectivity index (χ4v) is 2.69. The average molecular weight is 312 g/mol. The zero-order chi connectivity index (χ0) is 16.2. The van der Waals surface area contributed by atoms with Gasteiger partial charge in [0.2, 0.25) is 5.91 Å². The molecular formula is C17H20N4O2. The lowest BCUT2D eigenvalue weighted by Crippen LogP contribution is -2.24. The van der Waals surface area contributed by atoms with Gasteiger partial charge >= 0.3 is 0 Å². The maximum absolute atomic E-state index is 12.2. The normalized spacial score (nSPS) is 17.2. The Hall–Kier alpha value is -2.47. The Kier molecular flexibility index (Phi) is 4.52. The van der Waals surface area contributed by atoms with Crippen LogP contribution < -0.4 is 16.2 Å². The Morgan fingerprint density at radius 3 is 3.00 bits per heavy atom. The van der Waals surface area contributed by atoms with Crippen molar-refractivity contribution in [2.24, 2.45) is 5.92 Å². The number of aromatic amines is 1. The molecule has 1 unspecified atom stereocenters. The van der Waals surface area contributed by atoms with Crippen LogP contribution in [0.1, 0.15) is 19.0 Å². The summed E-state index contributed by atoms with van der Waals surface area (Å²) in [5, 5.41) is 6.12. The number of nitrogens with one attached hydrogen (secondary N) is 3. The van der Waals surface area contributed by atoms with E-state index in [0.29, 0.717) is 17.9 Å². The first-order valence-electron chi connectivity index (χ1n) is 7.88. The summed E-state index contributed by atoms with van der Waals surface area (Å²) in [5.74, 6) is 0.559. The van der Waals surface area contributed by atoms with Gasteiger partial charge in [-0.05, 0) is 31.5 Å². The molecule has 120 valence electrons. The summed E-state index contributed by atoms with van der Waals surface area (Å²) < 4.78 is 0. The number of carbonyl (C=O) groups is 1. The number of carbonyl (C=O) groups excluding carboxylic acids is 1. The highest BCUT2D eigenvalue weighted by atomic mass is 16.2. The predicted molar refractivity (Wildman–Crippen MR) is 89.3 cm³/mol. The van der Waals surface area contributed by atoms with Crippen molar-refractivity contribution in [1.82, 2.24) is 15.3 Å². The van der Waals surface area contributed by atoms with Crippen LogP contribution in [0.5, 0.6) is 0 Å². The molecule has 1 amide bonds. The number of hydrogen-bond donors (Lipinski definition) is 3. The first-order chi connectivity index (χ1) is 11.2. The standard InChI is InChI=1S/C17H20N4O2/c1-2-13-9-15(22)21-16(19-13)11-4-3-5-14(8-11)20-17(23)12-6-7-18-10-12/h3-5,8-9,12,18H,2,6-7,10H2,1H3,(H,20,23)(H,19,21,22). The quantitative estimate of drug-likeness (QED) is 0.799. The summed E-state index contributed by atoms with van der Waals surface area (Å²) in [4.78, 5) is 31.1. The van der Waals surface area contributed by atoms with E-state index in [9.17, 15) is 9.59 Å². The summed E-state index contributed by atoms with van der Waals surface area (Å²) in [6.07, 6.45) is 1.56. The summed E-state index contributed by atoms with van der Waals surface area (Å²) in [7, 11) is 0. The number of H-pyrrole nitrogens is 1. The lowest BCUT2D eigenvalue weighted by molar-refractivity contribution is -0.119. The van der Waals surface area contributed by atoms with Crippen molar-refractivity contribution in [3.05, 3.63) is 46.4 Å². The van der Waals surface area contributed by atoms with Gasteiger partial charge in [0, 0.05) is 29.6 Å². The van der Waals surface area contributed by atoms with Gasteiger partial charge in [0.25, 0.3) is 5.56 Å². The van der Waals surface area contributed by atoms with Gasteiger partial charge in [0.15, 0.2) is 0 Å². The molecule has 0 aliphatic carbocycles. The lowest BCUT2D eigenvalue weighted by Gasteiger charge is -2.11. The van der Waals surface area contributed by atoms with Crippen molar-refractivity contribution in [1.29, 1.82) is 0 Å². The van der Waals surface area contributed by atoms with E-state index in [1.165, 1.54) is 6.07 Å². The molecule has 1 aromatic heterocycles. The van der Waals surface area contributed by atoms with Gasteiger partial charge in [-0.3, -0.25) is 9.59 Å². The Morgan fingerprint density at radius 2 is 2.26 bits per heavy atom. The van der Waals surface area contributed by atoms with Crippen molar-refractivity contribution in [2.75, 3.05) is 18.4 Å². The third-order valence-corrected chi connectivity index (χ3v) is 3.99. The van der Waals surface area contributed by atoms with Crippen molar-refractivity contribution < 1.29 is 4.79 Å². The Morgan fingerprint density at radius 1 is 1.39 bits per heavy atom. The van der Waals surface area contributed by atoms with Gasteiger partial charge in [-0.2, -0.15) is 0 Å². The minimum Gasteiger partial charge on any atom is -0.326 e. The van der Waals surface area contributed by atoms with E-state index in [0.717, 1.165) is 30.8 Å². The SMILES string of the molecule is CCc1cc(=O)[nH]c(-c2cccc(NC(=O)C3CCNC3)c2)n1. The van der Waals surface area contributed by atoms with Crippen LogP contribution in [0.4, 0.5) is 5.69 Å². The molecule has 0 radical (unpaired) electrons. The molecule has 1 fully saturated rings. The summed E-state index contributed by atoms with van der Waals surface area (Å²) in [6, 6.07) is 8.88. The first-order valence-corrected chi connectivity index (χ1v) is 7.88. The molecule has 1 aliphatic heterocycles. The number of rotatable bonds is 4. The van der Waals surface area contributed by atoms with Crippen molar-refractivity contribution in [3.8, 4) is 11.4 Å². The van der Waals surface area contributed by atoms with E-state index in [4.69, 9.17) is 0 Å². The van der Waals surface area contributed by atoms with Gasteiger partial charge in [-0.1, -0.05) is 19.1 Å². The summed E-state index contributed by atoms with van der Waals surface area (Å²) in [5.41, 5.74) is 2.07. The minimum absolute atomic E-state index is 0.0139. The van der Waals surface area contributed by atoms with Crippen LogP contribution in [0.25, 0.3) is 11.4 Å². The van der Waals surface area contributed by atoms with E-state index < -0.39 is 0 Å². The molecule has 3 N–H and O–H groups in total. The van der Waals surface area contributed by atoms with Crippen molar-refractivity contribution in [2.45, 2.75) is 19.8 Å². The van der Waals surface area contributed by atoms with E-state index >= 15 is 0 Å². The molecule has 3 rings (SSSR count). The minimum atomic E-state index is -0.168. The van der Waals surface area contributed by atoms with Crippen molar-refractivity contribution in [3.63, 3.8) is 0 Å². The monoisotopic (exact) mass is 312 g/mol. The Labute approximate surface area is 134 Å². The van der Waals surface area contributed by atoms with Gasteiger partial charge in [0.05, 0.1) is 5.92 Å². The molecule has 2 aromatic rings. The predicted octanol–water partition coefficient (Wildman–Crippen LogP) is 1.55. The molecule has 2 heterocycles. The lowest BCUT2D eigenvalue weighted by atomic mass is 10.1. The second kappa shape index (κ2) is 6.75. The second-order valence-electron chi connectivity index (χ2n) is 5.70. The molecule has 0 bridgehead atoms. The van der Waals surface area contributed by atoms with Crippen LogP contribution in [0.2, 0.25) is 0 Å². The van der Waals surface area contributed by atoms with Crippen molar-refractivity contribution >= 4 is 11.6 Å². The van der Waals surface area contributed by atoms with Crippen LogP contribution >= 0.6 is 0 Å². The molecule has 1 atom stereocenters. The molecule has 6 nitrogen and oxygen atoms in total. The number of hydrogen-bond acceptors (Lipinski definition) is 4. The maximum Gasteiger partial charge on any atom is 0.251 e. The Balaban J connectivity index is 1.83. The third kappa shape index (κ3) is 3.65. The van der Waals surface area contributed by atoms with Gasteiger partial charge in [-0.15, -0.1) is 0 Å². The highest BCUT2D eigenvalue weighted by Gasteiger charge is 2.22. The zero-order valence-electron chi connectivity index (χ0n) is 13.1. The van der Waals surface area contributed by atoms with E-state index in [-0.39, 0.29) is 17.4 Å². The van der Waals surface area contributed by atoms with Gasteiger partial charge < -0.3 is 15.6 Å². The molecule has 6 heteroatoms. The molecular weight excluding hydrogens is 292 g/mol. The van der Waals surface area contributed by atoms with Crippen LogP contribution in [0.3, 0.4) is 0 Å². The van der Waals surface area contributed by atoms with E-state index in [1.807, 2.05) is 31.2 Å². The number of nitrogens with zero attached hydrogens (tertiary/aromatic N) is 1. The number of aromatic nitrogens is 2. The maximum atomic E-state index is 12.2. The zero-order valence-corrected chi connectivity index (χ0v) is 13.1. The molecule has 23 heavy (non-hydrogen) atoms. The number of benzene rings is 1.